The maximum atomic E-state index is 13.1. The zero-order chi connectivity index (χ0) is 17.5. The molecule has 0 radical (unpaired) electrons. The Hall–Kier alpha value is -2.33. The summed E-state index contributed by atoms with van der Waals surface area (Å²) in [5.41, 5.74) is 4.95. The molecular formula is C22H21NO2S. The van der Waals surface area contributed by atoms with Crippen molar-refractivity contribution in [3.63, 3.8) is 0 Å². The van der Waals surface area contributed by atoms with Crippen molar-refractivity contribution in [2.75, 3.05) is 18.0 Å². The summed E-state index contributed by atoms with van der Waals surface area (Å²) in [6, 6.07) is 12.1. The van der Waals surface area contributed by atoms with Crippen molar-refractivity contribution in [3.8, 4) is 22.5 Å². The molecule has 132 valence electrons. The highest BCUT2D eigenvalue weighted by atomic mass is 32.1. The summed E-state index contributed by atoms with van der Waals surface area (Å²) in [7, 11) is 0. The van der Waals surface area contributed by atoms with E-state index in [1.807, 2.05) is 30.3 Å². The van der Waals surface area contributed by atoms with E-state index in [0.717, 1.165) is 54.1 Å². The first kappa shape index (κ1) is 15.9. The first-order chi connectivity index (χ1) is 12.8. The molecular weight excluding hydrogens is 342 g/mol. The van der Waals surface area contributed by atoms with Crippen molar-refractivity contribution in [2.45, 2.75) is 32.1 Å². The molecule has 0 atom stereocenters. The molecule has 2 aliphatic rings. The van der Waals surface area contributed by atoms with Crippen LogP contribution in [0.4, 0.5) is 5.69 Å². The molecule has 3 aromatic rings. The quantitative estimate of drug-likeness (QED) is 0.633. The molecule has 0 saturated carbocycles. The van der Waals surface area contributed by atoms with Gasteiger partial charge in [-0.05, 0) is 49.1 Å². The molecule has 3 heterocycles. The second-order valence-electron chi connectivity index (χ2n) is 7.09. The van der Waals surface area contributed by atoms with Gasteiger partial charge in [-0.1, -0.05) is 30.3 Å². The first-order valence-electron chi connectivity index (χ1n) is 9.40. The average molecular weight is 363 g/mol. The highest BCUT2D eigenvalue weighted by molar-refractivity contribution is 7.10. The molecule has 0 bridgehead atoms. The lowest BCUT2D eigenvalue weighted by Gasteiger charge is -2.33. The molecule has 1 aliphatic carbocycles. The largest absolute Gasteiger partial charge is 0.422 e. The van der Waals surface area contributed by atoms with Gasteiger partial charge in [0.1, 0.15) is 5.76 Å². The topological polar surface area (TPSA) is 33.5 Å². The summed E-state index contributed by atoms with van der Waals surface area (Å²) in [6.45, 7) is 2.04. The van der Waals surface area contributed by atoms with Crippen LogP contribution in [0, 0.1) is 0 Å². The van der Waals surface area contributed by atoms with Crippen LogP contribution < -0.4 is 10.5 Å². The van der Waals surface area contributed by atoms with E-state index in [9.17, 15) is 4.79 Å². The number of rotatable bonds is 2. The van der Waals surface area contributed by atoms with Gasteiger partial charge < -0.3 is 9.32 Å². The van der Waals surface area contributed by atoms with Crippen LogP contribution in [0.3, 0.4) is 0 Å². The van der Waals surface area contributed by atoms with Gasteiger partial charge in [-0.3, -0.25) is 0 Å². The van der Waals surface area contributed by atoms with Crippen LogP contribution in [0.1, 0.15) is 29.7 Å². The van der Waals surface area contributed by atoms with E-state index >= 15 is 0 Å². The Morgan fingerprint density at radius 2 is 1.77 bits per heavy atom. The average Bonchev–Trinajstić information content (AvgIpc) is 3.18. The van der Waals surface area contributed by atoms with Crippen molar-refractivity contribution in [1.82, 2.24) is 0 Å². The Balaban J connectivity index is 1.80. The third-order valence-electron chi connectivity index (χ3n) is 5.52. The molecule has 1 aromatic carbocycles. The Labute approximate surface area is 156 Å². The monoisotopic (exact) mass is 363 g/mol. The lowest BCUT2D eigenvalue weighted by molar-refractivity contribution is 0.513. The Bertz CT molecular complexity index is 997. The second kappa shape index (κ2) is 6.44. The summed E-state index contributed by atoms with van der Waals surface area (Å²) in [5.74, 6) is 0.803. The molecule has 4 heteroatoms. The van der Waals surface area contributed by atoms with E-state index in [-0.39, 0.29) is 5.63 Å². The Kier molecular flexibility index (Phi) is 3.93. The normalized spacial score (nSPS) is 16.2. The zero-order valence-corrected chi connectivity index (χ0v) is 15.5. The number of fused-ring (bicyclic) bond motifs is 3. The van der Waals surface area contributed by atoms with Gasteiger partial charge >= 0.3 is 5.63 Å². The summed E-state index contributed by atoms with van der Waals surface area (Å²) < 4.78 is 5.93. The number of piperidine rings is 1. The summed E-state index contributed by atoms with van der Waals surface area (Å²) >= 11 is 1.76. The number of aryl methyl sites for hydroxylation is 1. The van der Waals surface area contributed by atoms with E-state index < -0.39 is 0 Å². The lowest BCUT2D eigenvalue weighted by atomic mass is 9.90. The minimum atomic E-state index is -0.213. The molecule has 1 aliphatic heterocycles. The maximum absolute atomic E-state index is 13.1. The van der Waals surface area contributed by atoms with Crippen molar-refractivity contribution < 1.29 is 4.42 Å². The zero-order valence-electron chi connectivity index (χ0n) is 14.7. The summed E-state index contributed by atoms with van der Waals surface area (Å²) in [4.78, 5) is 16.9. The van der Waals surface area contributed by atoms with Gasteiger partial charge in [0.05, 0.1) is 11.3 Å². The molecule has 1 saturated heterocycles. The molecule has 0 unspecified atom stereocenters. The Morgan fingerprint density at radius 3 is 2.58 bits per heavy atom. The van der Waals surface area contributed by atoms with Gasteiger partial charge in [0.2, 0.25) is 0 Å². The van der Waals surface area contributed by atoms with Crippen LogP contribution in [0.5, 0.6) is 0 Å². The number of nitrogens with zero attached hydrogens (tertiary/aromatic N) is 1. The number of anilines is 1. The first-order valence-corrected chi connectivity index (χ1v) is 10.3. The molecule has 0 N–H and O–H groups in total. The van der Waals surface area contributed by atoms with E-state index in [1.54, 1.807) is 11.3 Å². The van der Waals surface area contributed by atoms with Crippen LogP contribution >= 0.6 is 11.3 Å². The second-order valence-corrected chi connectivity index (χ2v) is 8.09. The van der Waals surface area contributed by atoms with Gasteiger partial charge in [-0.15, -0.1) is 11.3 Å². The third-order valence-corrected chi connectivity index (χ3v) is 6.50. The van der Waals surface area contributed by atoms with E-state index in [1.165, 1.54) is 29.7 Å². The number of benzene rings is 1. The van der Waals surface area contributed by atoms with Crippen molar-refractivity contribution in [2.24, 2.45) is 0 Å². The van der Waals surface area contributed by atoms with Crippen LogP contribution in [-0.4, -0.2) is 13.1 Å². The number of hydrogen-bond acceptors (Lipinski definition) is 4. The SMILES string of the molecule is O=c1oc2c(c(N3CCCCC3)c1-c1ccccc1)CCc1sccc1-2. The minimum absolute atomic E-state index is 0.213. The van der Waals surface area contributed by atoms with Gasteiger partial charge in [0.15, 0.2) is 0 Å². The minimum Gasteiger partial charge on any atom is -0.422 e. The van der Waals surface area contributed by atoms with Gasteiger partial charge in [0.25, 0.3) is 0 Å². The van der Waals surface area contributed by atoms with Crippen LogP contribution in [0.2, 0.25) is 0 Å². The highest BCUT2D eigenvalue weighted by Crippen LogP contribution is 2.43. The van der Waals surface area contributed by atoms with Crippen LogP contribution in [-0.2, 0) is 12.8 Å². The highest BCUT2D eigenvalue weighted by Gasteiger charge is 2.30. The van der Waals surface area contributed by atoms with Gasteiger partial charge in [0, 0.05) is 29.1 Å². The molecule has 0 amide bonds. The van der Waals surface area contributed by atoms with Crippen molar-refractivity contribution >= 4 is 17.0 Å². The Morgan fingerprint density at radius 1 is 0.962 bits per heavy atom. The third kappa shape index (κ3) is 2.52. The molecule has 2 aromatic heterocycles. The standard InChI is InChI=1S/C22H21NO2S/c24-22-19(15-7-3-1-4-8-15)20(23-12-5-2-6-13-23)17-9-10-18-16(11-14-26-18)21(17)25-22/h1,3-4,7-8,11,14H,2,5-6,9-10,12-13H2. The van der Waals surface area contributed by atoms with Crippen LogP contribution in [0.25, 0.3) is 22.5 Å². The fraction of sp³-hybridized carbons (Fsp3) is 0.318. The van der Waals surface area contributed by atoms with E-state index in [4.69, 9.17) is 4.42 Å². The molecule has 26 heavy (non-hydrogen) atoms. The predicted molar refractivity (Wildman–Crippen MR) is 107 cm³/mol. The summed E-state index contributed by atoms with van der Waals surface area (Å²) in [6.07, 6.45) is 5.62. The van der Waals surface area contributed by atoms with Crippen molar-refractivity contribution in [1.29, 1.82) is 0 Å². The lowest BCUT2D eigenvalue weighted by Crippen LogP contribution is -2.32. The number of hydrogen-bond donors (Lipinski definition) is 0. The molecule has 5 rings (SSSR count). The maximum Gasteiger partial charge on any atom is 0.346 e. The van der Waals surface area contributed by atoms with E-state index in [2.05, 4.69) is 16.3 Å². The van der Waals surface area contributed by atoms with E-state index in [0.29, 0.717) is 0 Å². The van der Waals surface area contributed by atoms with Crippen molar-refractivity contribution in [3.05, 3.63) is 62.6 Å². The molecule has 3 nitrogen and oxygen atoms in total. The molecule has 0 spiro atoms. The summed E-state index contributed by atoms with van der Waals surface area (Å²) in [5, 5.41) is 2.10. The van der Waals surface area contributed by atoms with Gasteiger partial charge in [-0.2, -0.15) is 0 Å². The fourth-order valence-electron chi connectivity index (χ4n) is 4.31. The smallest absolute Gasteiger partial charge is 0.346 e. The predicted octanol–water partition coefficient (Wildman–Crippen LogP) is 5.12. The molecule has 1 fully saturated rings. The van der Waals surface area contributed by atoms with Gasteiger partial charge in [-0.25, -0.2) is 4.79 Å². The number of thiophene rings is 1. The fourth-order valence-corrected chi connectivity index (χ4v) is 5.19. The van der Waals surface area contributed by atoms with Crippen LogP contribution in [0.15, 0.2) is 51.0 Å².